The predicted octanol–water partition coefficient (Wildman–Crippen LogP) is 6.14. The Morgan fingerprint density at radius 2 is 1.90 bits per heavy atom. The van der Waals surface area contributed by atoms with Crippen LogP contribution in [0.25, 0.3) is 0 Å². The number of nitrogens with zero attached hydrogens (tertiary/aromatic N) is 2. The van der Waals surface area contributed by atoms with Crippen molar-refractivity contribution >= 4 is 11.8 Å². The summed E-state index contributed by atoms with van der Waals surface area (Å²) in [5.74, 6) is 2.95. The van der Waals surface area contributed by atoms with E-state index in [4.69, 9.17) is 0 Å². The van der Waals surface area contributed by atoms with E-state index in [1.54, 1.807) is 0 Å². The fourth-order valence-electron chi connectivity index (χ4n) is 7.37. The molecule has 3 heterocycles. The van der Waals surface area contributed by atoms with Gasteiger partial charge in [0.05, 0.1) is 33.0 Å². The normalized spacial score (nSPS) is 31.0. The maximum atomic E-state index is 11.8. The quantitative estimate of drug-likeness (QED) is 0.342. The molecule has 5 aliphatic rings. The number of piperidine rings is 1. The van der Waals surface area contributed by atoms with Crippen LogP contribution in [0.4, 0.5) is 0 Å². The Balaban J connectivity index is 1.44. The molecule has 3 fully saturated rings. The summed E-state index contributed by atoms with van der Waals surface area (Å²) in [4.78, 5) is 14.2. The Morgan fingerprint density at radius 3 is 2.59 bits per heavy atom. The van der Waals surface area contributed by atoms with Crippen molar-refractivity contribution in [2.45, 2.75) is 104 Å². The van der Waals surface area contributed by atoms with Crippen molar-refractivity contribution in [1.82, 2.24) is 15.5 Å². The lowest BCUT2D eigenvalue weighted by Crippen LogP contribution is -2.45. The van der Waals surface area contributed by atoms with Gasteiger partial charge in [0.15, 0.2) is 0 Å². The fraction of sp³-hybridized carbons (Fsp3) is 0.697. The standard InChI is InChI=1S/C33H50N4O2/c1-5-25-18-32(37-20-24(17-33(38)39)16-28(21-37)26-9-7-6-8-10-26)36(4)23(3)15-30(25)35-29-14-11-22(2)34-31(19-29)27-12-13-27/h14-15,19,22,24,26-28,34-35H,5-13,16-18,20-21H2,1-4H3/p+1. The molecule has 3 atom stereocenters. The minimum atomic E-state index is -0.653. The van der Waals surface area contributed by atoms with Crippen LogP contribution in [-0.2, 0) is 4.79 Å². The highest BCUT2D eigenvalue weighted by molar-refractivity contribution is 5.82. The van der Waals surface area contributed by atoms with Gasteiger partial charge in [-0.05, 0) is 75.4 Å². The maximum absolute atomic E-state index is 11.8. The second-order valence-electron chi connectivity index (χ2n) is 13.0. The molecular formula is C33H51N4O2+. The van der Waals surface area contributed by atoms with Crippen molar-refractivity contribution in [3.05, 3.63) is 46.6 Å². The zero-order valence-electron chi connectivity index (χ0n) is 24.8. The molecule has 0 aromatic carbocycles. The van der Waals surface area contributed by atoms with Crippen molar-refractivity contribution in [3.8, 4) is 0 Å². The Hall–Kier alpha value is -2.50. The third-order valence-corrected chi connectivity index (χ3v) is 9.87. The molecule has 0 spiro atoms. The first-order chi connectivity index (χ1) is 18.8. The number of hydrogen-bond acceptors (Lipinski definition) is 3. The molecule has 3 unspecified atom stereocenters. The molecule has 0 aromatic rings. The van der Waals surface area contributed by atoms with Crippen molar-refractivity contribution in [3.63, 3.8) is 0 Å². The van der Waals surface area contributed by atoms with Crippen molar-refractivity contribution in [2.75, 3.05) is 20.1 Å². The highest BCUT2D eigenvalue weighted by atomic mass is 16.4. The van der Waals surface area contributed by atoms with Gasteiger partial charge in [-0.25, -0.2) is 4.90 Å². The molecule has 0 amide bonds. The van der Waals surface area contributed by atoms with E-state index in [0.717, 1.165) is 44.7 Å². The monoisotopic (exact) mass is 535 g/mol. The number of carboxylic acids is 1. The molecule has 0 aromatic heterocycles. The first-order valence-electron chi connectivity index (χ1n) is 15.7. The molecule has 214 valence electrons. The number of carboxylic acid groups (broad SMARTS) is 1. The predicted molar refractivity (Wildman–Crippen MR) is 158 cm³/mol. The lowest BCUT2D eigenvalue weighted by Gasteiger charge is -2.37. The average molecular weight is 536 g/mol. The lowest BCUT2D eigenvalue weighted by molar-refractivity contribution is -0.561. The topological polar surface area (TPSA) is 67.6 Å². The van der Waals surface area contributed by atoms with Gasteiger partial charge in [0.2, 0.25) is 0 Å². The van der Waals surface area contributed by atoms with E-state index >= 15 is 0 Å². The van der Waals surface area contributed by atoms with E-state index in [9.17, 15) is 9.90 Å². The zero-order chi connectivity index (χ0) is 27.5. The SMILES string of the molecule is CCC1=C(NC2=CCC(C)NC(C3CC3)=C2)C=C(C)N(C)C(=[N+]2CC(CC(=O)O)CC(C3CCCCC3)C2)C1. The van der Waals surface area contributed by atoms with Gasteiger partial charge in [-0.2, -0.15) is 0 Å². The molecule has 2 aliphatic carbocycles. The van der Waals surface area contributed by atoms with E-state index in [0.29, 0.717) is 17.9 Å². The van der Waals surface area contributed by atoms with Crippen molar-refractivity contribution in [2.24, 2.45) is 23.7 Å². The molecule has 3 aliphatic heterocycles. The molecule has 5 rings (SSSR count). The van der Waals surface area contributed by atoms with Gasteiger partial charge in [0.1, 0.15) is 5.70 Å². The number of aliphatic carboxylic acids is 1. The number of hydrogen-bond donors (Lipinski definition) is 3. The molecule has 2 saturated carbocycles. The second kappa shape index (κ2) is 12.3. The van der Waals surface area contributed by atoms with E-state index < -0.39 is 5.97 Å². The molecular weight excluding hydrogens is 484 g/mol. The highest BCUT2D eigenvalue weighted by Crippen LogP contribution is 2.38. The summed E-state index contributed by atoms with van der Waals surface area (Å²) in [5.41, 5.74) is 6.49. The van der Waals surface area contributed by atoms with Crippen LogP contribution < -0.4 is 10.6 Å². The van der Waals surface area contributed by atoms with Crippen LogP contribution in [0.2, 0.25) is 0 Å². The number of amidine groups is 1. The lowest BCUT2D eigenvalue weighted by atomic mass is 9.74. The molecule has 39 heavy (non-hydrogen) atoms. The molecule has 0 bridgehead atoms. The summed E-state index contributed by atoms with van der Waals surface area (Å²) in [6.45, 7) is 8.68. The molecule has 1 saturated heterocycles. The first kappa shape index (κ1) is 28.0. The summed E-state index contributed by atoms with van der Waals surface area (Å²) in [6, 6.07) is 0.461. The van der Waals surface area contributed by atoms with Gasteiger partial charge in [-0.15, -0.1) is 0 Å². The Labute approximate surface area is 236 Å². The number of carbonyl (C=O) groups is 1. The Bertz CT molecular complexity index is 1090. The number of nitrogens with one attached hydrogen (secondary N) is 2. The maximum Gasteiger partial charge on any atom is 0.303 e. The highest BCUT2D eigenvalue weighted by Gasteiger charge is 2.37. The smallest absolute Gasteiger partial charge is 0.303 e. The van der Waals surface area contributed by atoms with Gasteiger partial charge >= 0.3 is 5.97 Å². The molecule has 0 radical (unpaired) electrons. The van der Waals surface area contributed by atoms with E-state index in [1.165, 1.54) is 79.1 Å². The second-order valence-corrected chi connectivity index (χ2v) is 13.0. The van der Waals surface area contributed by atoms with Crippen LogP contribution in [0.3, 0.4) is 0 Å². The Kier molecular flexibility index (Phi) is 8.88. The summed E-state index contributed by atoms with van der Waals surface area (Å²) in [6.07, 6.45) is 20.5. The van der Waals surface area contributed by atoms with Crippen LogP contribution in [0, 0.1) is 23.7 Å². The third-order valence-electron chi connectivity index (χ3n) is 9.87. The summed E-state index contributed by atoms with van der Waals surface area (Å²) < 4.78 is 2.58. The molecule has 6 heteroatoms. The van der Waals surface area contributed by atoms with Gasteiger partial charge in [-0.3, -0.25) is 9.37 Å². The average Bonchev–Trinajstić information content (AvgIpc) is 3.78. The van der Waals surface area contributed by atoms with Crippen molar-refractivity contribution < 1.29 is 14.5 Å². The summed E-state index contributed by atoms with van der Waals surface area (Å²) >= 11 is 0. The van der Waals surface area contributed by atoms with Gasteiger partial charge in [0, 0.05) is 35.1 Å². The van der Waals surface area contributed by atoms with Crippen LogP contribution in [-0.4, -0.2) is 52.6 Å². The van der Waals surface area contributed by atoms with Crippen LogP contribution in [0.5, 0.6) is 0 Å². The Morgan fingerprint density at radius 1 is 1.13 bits per heavy atom. The molecule has 6 nitrogen and oxygen atoms in total. The van der Waals surface area contributed by atoms with E-state index in [2.05, 4.69) is 66.2 Å². The van der Waals surface area contributed by atoms with E-state index in [1.807, 2.05) is 0 Å². The summed E-state index contributed by atoms with van der Waals surface area (Å²) in [7, 11) is 2.20. The fourth-order valence-corrected chi connectivity index (χ4v) is 7.37. The van der Waals surface area contributed by atoms with Crippen LogP contribution in [0.15, 0.2) is 46.6 Å². The molecule has 3 N–H and O–H groups in total. The van der Waals surface area contributed by atoms with Gasteiger partial charge < -0.3 is 15.7 Å². The number of allylic oxidation sites excluding steroid dienone is 4. The van der Waals surface area contributed by atoms with Crippen LogP contribution in [0.1, 0.15) is 97.8 Å². The van der Waals surface area contributed by atoms with E-state index in [-0.39, 0.29) is 12.3 Å². The third kappa shape index (κ3) is 6.99. The van der Waals surface area contributed by atoms with Gasteiger partial charge in [0.25, 0.3) is 5.84 Å². The van der Waals surface area contributed by atoms with Gasteiger partial charge in [-0.1, -0.05) is 45.1 Å². The van der Waals surface area contributed by atoms with Crippen LogP contribution >= 0.6 is 0 Å². The summed E-state index contributed by atoms with van der Waals surface area (Å²) in [5, 5.41) is 17.3. The first-order valence-corrected chi connectivity index (χ1v) is 15.7. The largest absolute Gasteiger partial charge is 0.481 e. The minimum Gasteiger partial charge on any atom is -0.481 e. The number of rotatable bonds is 7. The minimum absolute atomic E-state index is 0.222. The zero-order valence-corrected chi connectivity index (χ0v) is 24.8. The van der Waals surface area contributed by atoms with Crippen molar-refractivity contribution in [1.29, 1.82) is 0 Å².